The van der Waals surface area contributed by atoms with E-state index in [1.165, 1.54) is 0 Å². The number of hydrogen-bond donors (Lipinski definition) is 2. The van der Waals surface area contributed by atoms with Crippen LogP contribution in [0.5, 0.6) is 0 Å². The van der Waals surface area contributed by atoms with E-state index < -0.39 is 10.8 Å². The van der Waals surface area contributed by atoms with Gasteiger partial charge in [0.25, 0.3) is 0 Å². The molecule has 0 bridgehead atoms. The molecule has 0 unspecified atom stereocenters. The van der Waals surface area contributed by atoms with E-state index in [4.69, 9.17) is 14.9 Å². The zero-order chi connectivity index (χ0) is 11.4. The Morgan fingerprint density at radius 3 is 1.86 bits per heavy atom. The zero-order valence-electron chi connectivity index (χ0n) is 9.33. The van der Waals surface area contributed by atoms with Crippen LogP contribution in [0.1, 0.15) is 27.7 Å². The van der Waals surface area contributed by atoms with Crippen molar-refractivity contribution in [3.8, 4) is 0 Å². The van der Waals surface area contributed by atoms with Crippen molar-refractivity contribution in [2.75, 3.05) is 19.8 Å². The van der Waals surface area contributed by atoms with Crippen LogP contribution in [0.25, 0.3) is 0 Å². The molecular weight excluding hydrogens is 184 g/mol. The SMILES string of the molecule is CC(CO)(CO)COC(=O)C(C)(C)C. The van der Waals surface area contributed by atoms with Crippen molar-refractivity contribution in [1.29, 1.82) is 0 Å². The number of esters is 1. The zero-order valence-corrected chi connectivity index (χ0v) is 9.33. The van der Waals surface area contributed by atoms with Crippen LogP contribution < -0.4 is 0 Å². The average molecular weight is 204 g/mol. The molecular formula is C10H20O4. The van der Waals surface area contributed by atoms with E-state index >= 15 is 0 Å². The summed E-state index contributed by atoms with van der Waals surface area (Å²) in [6.45, 7) is 6.54. The third-order valence-corrected chi connectivity index (χ3v) is 1.93. The summed E-state index contributed by atoms with van der Waals surface area (Å²) in [5.41, 5.74) is -1.30. The Morgan fingerprint density at radius 2 is 1.57 bits per heavy atom. The molecule has 14 heavy (non-hydrogen) atoms. The fourth-order valence-corrected chi connectivity index (χ4v) is 0.598. The maximum atomic E-state index is 11.4. The molecule has 0 saturated carbocycles. The quantitative estimate of drug-likeness (QED) is 0.657. The van der Waals surface area contributed by atoms with E-state index in [2.05, 4.69) is 0 Å². The van der Waals surface area contributed by atoms with Crippen molar-refractivity contribution in [3.05, 3.63) is 0 Å². The summed E-state index contributed by atoms with van der Waals surface area (Å²) >= 11 is 0. The number of carbonyl (C=O) groups is 1. The second-order valence-corrected chi connectivity index (χ2v) is 4.95. The van der Waals surface area contributed by atoms with Gasteiger partial charge in [0.2, 0.25) is 0 Å². The highest BCUT2D eigenvalue weighted by atomic mass is 16.5. The number of aliphatic hydroxyl groups is 2. The number of rotatable bonds is 4. The Hall–Kier alpha value is -0.610. The number of ether oxygens (including phenoxy) is 1. The molecule has 2 N–H and O–H groups in total. The van der Waals surface area contributed by atoms with Gasteiger partial charge in [-0.25, -0.2) is 0 Å². The fourth-order valence-electron chi connectivity index (χ4n) is 0.598. The molecule has 0 atom stereocenters. The Kier molecular flexibility index (Phi) is 4.55. The summed E-state index contributed by atoms with van der Waals surface area (Å²) in [7, 11) is 0. The van der Waals surface area contributed by atoms with Crippen LogP contribution in [0.15, 0.2) is 0 Å². The molecule has 0 aliphatic heterocycles. The molecule has 0 spiro atoms. The third kappa shape index (κ3) is 4.07. The van der Waals surface area contributed by atoms with E-state index in [1.807, 2.05) is 0 Å². The van der Waals surface area contributed by atoms with Crippen LogP contribution in [0.4, 0.5) is 0 Å². The minimum absolute atomic E-state index is 0.0378. The van der Waals surface area contributed by atoms with Crippen LogP contribution in [-0.2, 0) is 9.53 Å². The lowest BCUT2D eigenvalue weighted by atomic mass is 9.93. The van der Waals surface area contributed by atoms with E-state index in [0.29, 0.717) is 0 Å². The Morgan fingerprint density at radius 1 is 1.14 bits per heavy atom. The van der Waals surface area contributed by atoms with E-state index in [9.17, 15) is 4.79 Å². The highest BCUT2D eigenvalue weighted by Crippen LogP contribution is 2.19. The largest absolute Gasteiger partial charge is 0.465 e. The summed E-state index contributed by atoms with van der Waals surface area (Å²) in [5, 5.41) is 17.9. The van der Waals surface area contributed by atoms with Gasteiger partial charge < -0.3 is 14.9 Å². The number of aliphatic hydroxyl groups excluding tert-OH is 2. The first-order valence-corrected chi connectivity index (χ1v) is 4.64. The normalized spacial score (nSPS) is 12.7. The molecule has 84 valence electrons. The standard InChI is InChI=1S/C10H20O4/c1-9(2,3)8(13)14-7-10(4,5-11)6-12/h11-12H,5-7H2,1-4H3. The third-order valence-electron chi connectivity index (χ3n) is 1.93. The van der Waals surface area contributed by atoms with E-state index in [0.717, 1.165) is 0 Å². The monoisotopic (exact) mass is 204 g/mol. The van der Waals surface area contributed by atoms with Gasteiger partial charge in [-0.2, -0.15) is 0 Å². The molecule has 0 rings (SSSR count). The molecule has 4 heteroatoms. The predicted octanol–water partition coefficient (Wildman–Crippen LogP) is 0.567. The molecule has 0 aromatic rings. The summed E-state index contributed by atoms with van der Waals surface area (Å²) in [6.07, 6.45) is 0. The fraction of sp³-hybridized carbons (Fsp3) is 0.900. The van der Waals surface area contributed by atoms with Gasteiger partial charge in [0.1, 0.15) is 6.61 Å². The smallest absolute Gasteiger partial charge is 0.311 e. The molecule has 0 amide bonds. The minimum Gasteiger partial charge on any atom is -0.465 e. The van der Waals surface area contributed by atoms with Crippen molar-refractivity contribution in [3.63, 3.8) is 0 Å². The molecule has 0 aromatic carbocycles. The van der Waals surface area contributed by atoms with E-state index in [-0.39, 0.29) is 25.8 Å². The number of hydrogen-bond acceptors (Lipinski definition) is 4. The maximum Gasteiger partial charge on any atom is 0.311 e. The van der Waals surface area contributed by atoms with Crippen LogP contribution in [0.2, 0.25) is 0 Å². The lowest BCUT2D eigenvalue weighted by molar-refractivity contribution is -0.158. The van der Waals surface area contributed by atoms with Crippen molar-refractivity contribution < 1.29 is 19.7 Å². The molecule has 0 aromatic heterocycles. The highest BCUT2D eigenvalue weighted by Gasteiger charge is 2.28. The summed E-state index contributed by atoms with van der Waals surface area (Å²) < 4.78 is 4.99. The van der Waals surface area contributed by atoms with Crippen molar-refractivity contribution in [2.24, 2.45) is 10.8 Å². The molecule has 4 nitrogen and oxygen atoms in total. The molecule has 0 radical (unpaired) electrons. The van der Waals surface area contributed by atoms with Gasteiger partial charge in [0.15, 0.2) is 0 Å². The van der Waals surface area contributed by atoms with Gasteiger partial charge in [0.05, 0.1) is 18.6 Å². The first kappa shape index (κ1) is 13.4. The molecule has 0 aliphatic rings. The Labute approximate surface area is 84.9 Å². The van der Waals surface area contributed by atoms with Gasteiger partial charge >= 0.3 is 5.97 Å². The lowest BCUT2D eigenvalue weighted by Crippen LogP contribution is -2.35. The van der Waals surface area contributed by atoms with Gasteiger partial charge in [-0.15, -0.1) is 0 Å². The summed E-state index contributed by atoms with van der Waals surface area (Å²) in [5.74, 6) is -0.328. The average Bonchev–Trinajstić information content (AvgIpc) is 2.12. The first-order valence-electron chi connectivity index (χ1n) is 4.64. The predicted molar refractivity (Wildman–Crippen MR) is 52.7 cm³/mol. The van der Waals surface area contributed by atoms with Crippen molar-refractivity contribution >= 4 is 5.97 Å². The molecule has 0 aliphatic carbocycles. The molecule has 0 fully saturated rings. The second-order valence-electron chi connectivity index (χ2n) is 4.95. The van der Waals surface area contributed by atoms with Gasteiger partial charge in [-0.1, -0.05) is 6.92 Å². The van der Waals surface area contributed by atoms with Crippen LogP contribution in [-0.4, -0.2) is 36.0 Å². The molecule has 0 heterocycles. The second kappa shape index (κ2) is 4.75. The van der Waals surface area contributed by atoms with Crippen LogP contribution in [0, 0.1) is 10.8 Å². The van der Waals surface area contributed by atoms with Gasteiger partial charge in [-0.05, 0) is 20.8 Å². The van der Waals surface area contributed by atoms with Crippen molar-refractivity contribution in [2.45, 2.75) is 27.7 Å². The Balaban J connectivity index is 4.12. The van der Waals surface area contributed by atoms with E-state index in [1.54, 1.807) is 27.7 Å². The minimum atomic E-state index is -0.749. The maximum absolute atomic E-state index is 11.4. The van der Waals surface area contributed by atoms with Crippen LogP contribution in [0.3, 0.4) is 0 Å². The first-order chi connectivity index (χ1) is 6.25. The van der Waals surface area contributed by atoms with Crippen LogP contribution >= 0.6 is 0 Å². The molecule has 0 saturated heterocycles. The van der Waals surface area contributed by atoms with Crippen molar-refractivity contribution in [1.82, 2.24) is 0 Å². The number of carbonyl (C=O) groups excluding carboxylic acids is 1. The Bertz CT molecular complexity index is 189. The highest BCUT2D eigenvalue weighted by molar-refractivity contribution is 5.75. The lowest BCUT2D eigenvalue weighted by Gasteiger charge is -2.26. The summed E-state index contributed by atoms with van der Waals surface area (Å²) in [4.78, 5) is 11.4. The van der Waals surface area contributed by atoms with Gasteiger partial charge in [0, 0.05) is 5.41 Å². The summed E-state index contributed by atoms with van der Waals surface area (Å²) in [6, 6.07) is 0. The van der Waals surface area contributed by atoms with Gasteiger partial charge in [-0.3, -0.25) is 4.79 Å². The topological polar surface area (TPSA) is 66.8 Å².